The topological polar surface area (TPSA) is 67.3 Å². The number of piperazine rings is 1. The maximum Gasteiger partial charge on any atom is 0.146 e. The van der Waals surface area contributed by atoms with E-state index < -0.39 is 0 Å². The van der Waals surface area contributed by atoms with Crippen LogP contribution in [0.15, 0.2) is 18.2 Å². The Balaban J connectivity index is 2.35. The van der Waals surface area contributed by atoms with Crippen LogP contribution in [0.3, 0.4) is 0 Å². The highest BCUT2D eigenvalue weighted by Crippen LogP contribution is 2.28. The van der Waals surface area contributed by atoms with Gasteiger partial charge in [-0.3, -0.25) is 0 Å². The van der Waals surface area contributed by atoms with Gasteiger partial charge in [-0.25, -0.2) is 4.39 Å². The molecule has 1 aromatic carbocycles. The number of nitrogens with one attached hydrogen (secondary N) is 1. The summed E-state index contributed by atoms with van der Waals surface area (Å²) in [5, 5.41) is 3.25. The lowest BCUT2D eigenvalue weighted by molar-refractivity contribution is 0.560. The van der Waals surface area contributed by atoms with Crippen LogP contribution in [0.4, 0.5) is 10.1 Å². The van der Waals surface area contributed by atoms with Gasteiger partial charge in [0.2, 0.25) is 0 Å². The second-order valence-corrected chi connectivity index (χ2v) is 4.26. The Morgan fingerprint density at radius 2 is 2.06 bits per heavy atom. The summed E-state index contributed by atoms with van der Waals surface area (Å²) in [7, 11) is 0. The number of halogens is 1. The van der Waals surface area contributed by atoms with Gasteiger partial charge in [0.05, 0.1) is 5.69 Å². The smallest absolute Gasteiger partial charge is 0.146 e. The lowest BCUT2D eigenvalue weighted by atomic mass is 10.0. The number of hydrogen-bond acceptors (Lipinski definition) is 4. The van der Waals surface area contributed by atoms with Crippen molar-refractivity contribution in [2.45, 2.75) is 6.04 Å². The van der Waals surface area contributed by atoms with Crippen molar-refractivity contribution in [1.29, 1.82) is 0 Å². The van der Waals surface area contributed by atoms with Gasteiger partial charge in [-0.05, 0) is 11.6 Å². The van der Waals surface area contributed by atoms with E-state index in [9.17, 15) is 4.39 Å². The number of nitrogens with zero attached hydrogens (tertiary/aromatic N) is 1. The zero-order chi connectivity index (χ0) is 12.3. The number of anilines is 1. The molecule has 1 aliphatic rings. The first-order chi connectivity index (χ1) is 8.24. The van der Waals surface area contributed by atoms with Crippen molar-refractivity contribution >= 4 is 5.69 Å². The molecule has 1 atom stereocenters. The van der Waals surface area contributed by atoms with Crippen LogP contribution in [0.5, 0.6) is 0 Å². The van der Waals surface area contributed by atoms with Gasteiger partial charge in [0, 0.05) is 38.8 Å². The van der Waals surface area contributed by atoms with Gasteiger partial charge in [0.1, 0.15) is 5.82 Å². The minimum absolute atomic E-state index is 0.215. The van der Waals surface area contributed by atoms with Crippen LogP contribution in [0.2, 0.25) is 0 Å². The number of nitrogens with two attached hydrogens (primary N) is 2. The van der Waals surface area contributed by atoms with Crippen LogP contribution in [-0.4, -0.2) is 32.7 Å². The van der Waals surface area contributed by atoms with Crippen molar-refractivity contribution in [2.24, 2.45) is 11.5 Å². The minimum Gasteiger partial charge on any atom is -0.366 e. The molecule has 1 aromatic rings. The Bertz CT molecular complexity index is 377. The Kier molecular flexibility index (Phi) is 3.93. The highest BCUT2D eigenvalue weighted by Gasteiger charge is 2.20. The molecule has 1 heterocycles. The zero-order valence-corrected chi connectivity index (χ0v) is 9.82. The number of rotatable bonds is 3. The highest BCUT2D eigenvalue weighted by atomic mass is 19.1. The van der Waals surface area contributed by atoms with Gasteiger partial charge in [-0.15, -0.1) is 0 Å². The van der Waals surface area contributed by atoms with E-state index in [1.54, 1.807) is 6.07 Å². The fourth-order valence-electron chi connectivity index (χ4n) is 2.18. The summed E-state index contributed by atoms with van der Waals surface area (Å²) in [6.07, 6.45) is 0. The Morgan fingerprint density at radius 1 is 1.35 bits per heavy atom. The largest absolute Gasteiger partial charge is 0.366 e. The molecular formula is C12H19FN4. The Labute approximate surface area is 101 Å². The summed E-state index contributed by atoms with van der Waals surface area (Å²) >= 11 is 0. The molecule has 1 saturated heterocycles. The quantitative estimate of drug-likeness (QED) is 0.703. The van der Waals surface area contributed by atoms with Crippen LogP contribution in [0.25, 0.3) is 0 Å². The van der Waals surface area contributed by atoms with Crippen molar-refractivity contribution in [2.75, 3.05) is 37.6 Å². The van der Waals surface area contributed by atoms with E-state index in [1.165, 1.54) is 6.07 Å². The summed E-state index contributed by atoms with van der Waals surface area (Å²) in [5.74, 6) is -0.215. The first-order valence-corrected chi connectivity index (χ1v) is 5.93. The Hall–Kier alpha value is -1.17. The molecule has 17 heavy (non-hydrogen) atoms. The van der Waals surface area contributed by atoms with Crippen molar-refractivity contribution < 1.29 is 4.39 Å². The number of hydrogen-bond donors (Lipinski definition) is 3. The molecule has 0 aromatic heterocycles. The molecule has 0 amide bonds. The summed E-state index contributed by atoms with van der Waals surface area (Å²) in [6.45, 7) is 3.65. The zero-order valence-electron chi connectivity index (χ0n) is 9.82. The molecule has 0 radical (unpaired) electrons. The minimum atomic E-state index is -0.310. The average molecular weight is 238 g/mol. The molecule has 0 bridgehead atoms. The molecule has 5 heteroatoms. The monoisotopic (exact) mass is 238 g/mol. The predicted molar refractivity (Wildman–Crippen MR) is 67.5 cm³/mol. The second-order valence-electron chi connectivity index (χ2n) is 4.26. The van der Waals surface area contributed by atoms with E-state index in [0.29, 0.717) is 12.2 Å². The third kappa shape index (κ3) is 2.57. The summed E-state index contributed by atoms with van der Waals surface area (Å²) in [4.78, 5) is 2.04. The fraction of sp³-hybridized carbons (Fsp3) is 0.500. The molecule has 5 N–H and O–H groups in total. The number of benzene rings is 1. The summed E-state index contributed by atoms with van der Waals surface area (Å²) < 4.78 is 14.0. The van der Waals surface area contributed by atoms with E-state index in [1.807, 2.05) is 11.0 Å². The highest BCUT2D eigenvalue weighted by molar-refractivity contribution is 5.56. The molecule has 0 aliphatic carbocycles. The van der Waals surface area contributed by atoms with Gasteiger partial charge in [-0.2, -0.15) is 0 Å². The van der Waals surface area contributed by atoms with Crippen molar-refractivity contribution in [3.63, 3.8) is 0 Å². The predicted octanol–water partition coefficient (Wildman–Crippen LogP) is 0.194. The summed E-state index contributed by atoms with van der Waals surface area (Å²) in [6, 6.07) is 4.71. The number of para-hydroxylation sites is 1. The standard InChI is InChI=1S/C12H19FN4/c13-10-3-1-2-9(11(15)8-14)12(10)17-6-4-16-5-7-17/h1-3,11,16H,4-8,14-15H2/t11-/m0/s1. The fourth-order valence-corrected chi connectivity index (χ4v) is 2.18. The van der Waals surface area contributed by atoms with Gasteiger partial charge < -0.3 is 21.7 Å². The first kappa shape index (κ1) is 12.3. The Morgan fingerprint density at radius 3 is 2.71 bits per heavy atom. The van der Waals surface area contributed by atoms with Crippen LogP contribution < -0.4 is 21.7 Å². The van der Waals surface area contributed by atoms with Gasteiger partial charge >= 0.3 is 0 Å². The van der Waals surface area contributed by atoms with E-state index in [-0.39, 0.29) is 11.9 Å². The van der Waals surface area contributed by atoms with Crippen molar-refractivity contribution in [3.8, 4) is 0 Å². The molecule has 0 spiro atoms. The molecule has 2 rings (SSSR count). The molecule has 0 unspecified atom stereocenters. The summed E-state index contributed by atoms with van der Waals surface area (Å²) in [5.41, 5.74) is 12.9. The van der Waals surface area contributed by atoms with Gasteiger partial charge in [-0.1, -0.05) is 12.1 Å². The third-order valence-electron chi connectivity index (χ3n) is 3.10. The second kappa shape index (κ2) is 5.44. The third-order valence-corrected chi connectivity index (χ3v) is 3.10. The van der Waals surface area contributed by atoms with E-state index >= 15 is 0 Å². The molecule has 1 aliphatic heterocycles. The SMILES string of the molecule is NC[C@H](N)c1cccc(F)c1N1CCNCC1. The van der Waals surface area contributed by atoms with Gasteiger partial charge in [0.25, 0.3) is 0 Å². The van der Waals surface area contributed by atoms with Crippen molar-refractivity contribution in [3.05, 3.63) is 29.6 Å². The molecule has 0 saturated carbocycles. The maximum atomic E-state index is 14.0. The lowest BCUT2D eigenvalue weighted by Crippen LogP contribution is -2.44. The van der Waals surface area contributed by atoms with Crippen LogP contribution in [-0.2, 0) is 0 Å². The maximum absolute atomic E-state index is 14.0. The van der Waals surface area contributed by atoms with Crippen molar-refractivity contribution in [1.82, 2.24) is 5.32 Å². The molecule has 1 fully saturated rings. The van der Waals surface area contributed by atoms with E-state index in [4.69, 9.17) is 11.5 Å². The van der Waals surface area contributed by atoms with Crippen LogP contribution in [0, 0.1) is 5.82 Å². The first-order valence-electron chi connectivity index (χ1n) is 5.93. The van der Waals surface area contributed by atoms with Gasteiger partial charge in [0.15, 0.2) is 0 Å². The van der Waals surface area contributed by atoms with Crippen LogP contribution >= 0.6 is 0 Å². The average Bonchev–Trinajstić information content (AvgIpc) is 2.38. The normalized spacial score (nSPS) is 18.2. The lowest BCUT2D eigenvalue weighted by Gasteiger charge is -2.32. The van der Waals surface area contributed by atoms with E-state index in [2.05, 4.69) is 5.32 Å². The van der Waals surface area contributed by atoms with E-state index in [0.717, 1.165) is 31.7 Å². The molecular weight excluding hydrogens is 219 g/mol. The molecule has 4 nitrogen and oxygen atoms in total. The molecule has 94 valence electrons. The van der Waals surface area contributed by atoms with Crippen LogP contribution in [0.1, 0.15) is 11.6 Å².